The van der Waals surface area contributed by atoms with Crippen molar-refractivity contribution < 1.29 is 9.53 Å². The van der Waals surface area contributed by atoms with Crippen molar-refractivity contribution in [1.82, 2.24) is 5.32 Å². The first-order valence-corrected chi connectivity index (χ1v) is 7.25. The van der Waals surface area contributed by atoms with Crippen LogP contribution in [-0.4, -0.2) is 30.7 Å². The van der Waals surface area contributed by atoms with Crippen LogP contribution in [-0.2, 0) is 9.53 Å². The van der Waals surface area contributed by atoms with Gasteiger partial charge < -0.3 is 15.8 Å². The maximum Gasteiger partial charge on any atom is 0.223 e. The summed E-state index contributed by atoms with van der Waals surface area (Å²) in [7, 11) is 0. The zero-order valence-corrected chi connectivity index (χ0v) is 11.5. The number of amides is 1. The number of ether oxygens (including phenoxy) is 1. The topological polar surface area (TPSA) is 64.4 Å². The second-order valence-corrected chi connectivity index (χ2v) is 6.01. The molecular formula is C14H26N2O2. The maximum atomic E-state index is 12.3. The van der Waals surface area contributed by atoms with Crippen molar-refractivity contribution in [1.29, 1.82) is 0 Å². The van der Waals surface area contributed by atoms with E-state index in [-0.39, 0.29) is 30.0 Å². The van der Waals surface area contributed by atoms with Crippen molar-refractivity contribution in [2.24, 2.45) is 17.6 Å². The van der Waals surface area contributed by atoms with E-state index in [1.807, 2.05) is 6.92 Å². The molecule has 4 nitrogen and oxygen atoms in total. The van der Waals surface area contributed by atoms with Gasteiger partial charge in [-0.2, -0.15) is 0 Å². The summed E-state index contributed by atoms with van der Waals surface area (Å²) >= 11 is 0. The SMILES string of the molecule is CC1CCC(N)CC1C(=O)NC(C)C1CCCO1. The average molecular weight is 254 g/mol. The summed E-state index contributed by atoms with van der Waals surface area (Å²) < 4.78 is 5.61. The van der Waals surface area contributed by atoms with Crippen LogP contribution in [0.5, 0.6) is 0 Å². The molecule has 1 saturated heterocycles. The van der Waals surface area contributed by atoms with E-state index < -0.39 is 0 Å². The first-order valence-electron chi connectivity index (χ1n) is 7.25. The Morgan fingerprint density at radius 3 is 2.83 bits per heavy atom. The van der Waals surface area contributed by atoms with E-state index in [1.54, 1.807) is 0 Å². The number of hydrogen-bond donors (Lipinski definition) is 2. The number of rotatable bonds is 3. The van der Waals surface area contributed by atoms with Gasteiger partial charge in [-0.15, -0.1) is 0 Å². The fraction of sp³-hybridized carbons (Fsp3) is 0.929. The Balaban J connectivity index is 1.85. The monoisotopic (exact) mass is 254 g/mol. The van der Waals surface area contributed by atoms with Gasteiger partial charge in [0.25, 0.3) is 0 Å². The van der Waals surface area contributed by atoms with Crippen molar-refractivity contribution in [3.05, 3.63) is 0 Å². The van der Waals surface area contributed by atoms with Crippen LogP contribution < -0.4 is 11.1 Å². The zero-order chi connectivity index (χ0) is 13.1. The molecule has 1 amide bonds. The van der Waals surface area contributed by atoms with Crippen molar-refractivity contribution in [2.75, 3.05) is 6.61 Å². The second kappa shape index (κ2) is 6.02. The molecule has 0 aromatic rings. The van der Waals surface area contributed by atoms with E-state index in [2.05, 4.69) is 12.2 Å². The standard InChI is InChI=1S/C14H26N2O2/c1-9-5-6-11(15)8-12(9)14(17)16-10(2)13-4-3-7-18-13/h9-13H,3-8,15H2,1-2H3,(H,16,17). The highest BCUT2D eigenvalue weighted by Gasteiger charge is 2.33. The lowest BCUT2D eigenvalue weighted by Gasteiger charge is -2.33. The molecule has 1 aliphatic carbocycles. The maximum absolute atomic E-state index is 12.3. The summed E-state index contributed by atoms with van der Waals surface area (Å²) in [5.41, 5.74) is 5.97. The lowest BCUT2D eigenvalue weighted by molar-refractivity contribution is -0.129. The predicted octanol–water partition coefficient (Wildman–Crippen LogP) is 1.43. The lowest BCUT2D eigenvalue weighted by Crippen LogP contribution is -2.47. The molecule has 0 aromatic carbocycles. The molecule has 2 rings (SSSR count). The molecule has 18 heavy (non-hydrogen) atoms. The van der Waals surface area contributed by atoms with Gasteiger partial charge in [-0.3, -0.25) is 4.79 Å². The van der Waals surface area contributed by atoms with Gasteiger partial charge in [0.2, 0.25) is 5.91 Å². The molecule has 1 aliphatic heterocycles. The highest BCUT2D eigenvalue weighted by Crippen LogP contribution is 2.29. The average Bonchev–Trinajstić information content (AvgIpc) is 2.85. The quantitative estimate of drug-likeness (QED) is 0.801. The Morgan fingerprint density at radius 2 is 2.17 bits per heavy atom. The largest absolute Gasteiger partial charge is 0.376 e. The lowest BCUT2D eigenvalue weighted by atomic mass is 9.77. The smallest absolute Gasteiger partial charge is 0.223 e. The fourth-order valence-corrected chi connectivity index (χ4v) is 3.14. The number of carbonyl (C=O) groups is 1. The minimum atomic E-state index is 0.0811. The number of nitrogens with one attached hydrogen (secondary N) is 1. The van der Waals surface area contributed by atoms with Gasteiger partial charge in [-0.25, -0.2) is 0 Å². The molecule has 1 heterocycles. The number of carbonyl (C=O) groups excluding carboxylic acids is 1. The van der Waals surface area contributed by atoms with Gasteiger partial charge in [0.15, 0.2) is 0 Å². The van der Waals surface area contributed by atoms with Crippen molar-refractivity contribution in [3.8, 4) is 0 Å². The van der Waals surface area contributed by atoms with Crippen LogP contribution in [0.25, 0.3) is 0 Å². The van der Waals surface area contributed by atoms with Gasteiger partial charge in [0.05, 0.1) is 12.1 Å². The number of nitrogens with two attached hydrogens (primary N) is 1. The molecule has 5 unspecified atom stereocenters. The molecule has 0 spiro atoms. The Hall–Kier alpha value is -0.610. The van der Waals surface area contributed by atoms with Crippen LogP contribution in [0.3, 0.4) is 0 Å². The molecule has 4 heteroatoms. The third-order valence-corrected chi connectivity index (χ3v) is 4.47. The first-order chi connectivity index (χ1) is 8.58. The minimum Gasteiger partial charge on any atom is -0.376 e. The molecule has 2 fully saturated rings. The summed E-state index contributed by atoms with van der Waals surface area (Å²) in [6.45, 7) is 5.03. The fourth-order valence-electron chi connectivity index (χ4n) is 3.14. The molecule has 3 N–H and O–H groups in total. The van der Waals surface area contributed by atoms with E-state index in [0.717, 1.165) is 38.7 Å². The van der Waals surface area contributed by atoms with Crippen LogP contribution in [0, 0.1) is 11.8 Å². The number of hydrogen-bond acceptors (Lipinski definition) is 3. The van der Waals surface area contributed by atoms with Crippen LogP contribution in [0.2, 0.25) is 0 Å². The van der Waals surface area contributed by atoms with E-state index in [1.165, 1.54) is 0 Å². The van der Waals surface area contributed by atoms with Crippen LogP contribution >= 0.6 is 0 Å². The molecule has 5 atom stereocenters. The van der Waals surface area contributed by atoms with Crippen LogP contribution in [0.4, 0.5) is 0 Å². The Kier molecular flexibility index (Phi) is 4.62. The second-order valence-electron chi connectivity index (χ2n) is 6.01. The van der Waals surface area contributed by atoms with Crippen molar-refractivity contribution >= 4 is 5.91 Å². The normalized spacial score (nSPS) is 38.4. The first kappa shape index (κ1) is 13.8. The molecule has 1 saturated carbocycles. The van der Waals surface area contributed by atoms with E-state index in [0.29, 0.717) is 5.92 Å². The van der Waals surface area contributed by atoms with E-state index in [9.17, 15) is 4.79 Å². The molecular weight excluding hydrogens is 228 g/mol. The van der Waals surface area contributed by atoms with Gasteiger partial charge in [0, 0.05) is 18.6 Å². The minimum absolute atomic E-state index is 0.0811. The third kappa shape index (κ3) is 3.23. The highest BCUT2D eigenvalue weighted by molar-refractivity contribution is 5.79. The molecule has 0 aromatic heterocycles. The summed E-state index contributed by atoms with van der Waals surface area (Å²) in [4.78, 5) is 12.3. The van der Waals surface area contributed by atoms with Gasteiger partial charge in [0.1, 0.15) is 0 Å². The highest BCUT2D eigenvalue weighted by atomic mass is 16.5. The molecule has 2 aliphatic rings. The van der Waals surface area contributed by atoms with Gasteiger partial charge in [-0.05, 0) is 44.9 Å². The molecule has 0 radical (unpaired) electrons. The Labute approximate surface area is 110 Å². The van der Waals surface area contributed by atoms with Gasteiger partial charge in [-0.1, -0.05) is 6.92 Å². The van der Waals surface area contributed by atoms with Gasteiger partial charge >= 0.3 is 0 Å². The third-order valence-electron chi connectivity index (χ3n) is 4.47. The van der Waals surface area contributed by atoms with Crippen LogP contribution in [0.1, 0.15) is 46.0 Å². The summed E-state index contributed by atoms with van der Waals surface area (Å²) in [5, 5.41) is 3.12. The Morgan fingerprint density at radius 1 is 1.39 bits per heavy atom. The summed E-state index contributed by atoms with van der Waals surface area (Å²) in [6.07, 6.45) is 5.29. The van der Waals surface area contributed by atoms with E-state index in [4.69, 9.17) is 10.5 Å². The summed E-state index contributed by atoms with van der Waals surface area (Å²) in [5.74, 6) is 0.694. The van der Waals surface area contributed by atoms with Crippen molar-refractivity contribution in [3.63, 3.8) is 0 Å². The Bertz CT molecular complexity index is 290. The van der Waals surface area contributed by atoms with E-state index >= 15 is 0 Å². The zero-order valence-electron chi connectivity index (χ0n) is 11.5. The molecule has 104 valence electrons. The van der Waals surface area contributed by atoms with Crippen molar-refractivity contribution in [2.45, 2.75) is 64.1 Å². The van der Waals surface area contributed by atoms with Crippen LogP contribution in [0.15, 0.2) is 0 Å². The molecule has 0 bridgehead atoms. The predicted molar refractivity (Wildman–Crippen MR) is 71.1 cm³/mol. The summed E-state index contributed by atoms with van der Waals surface area (Å²) in [6, 6.07) is 0.306.